The topological polar surface area (TPSA) is 63.8 Å². The molecule has 0 aliphatic carbocycles. The van der Waals surface area contributed by atoms with Crippen LogP contribution in [0.1, 0.15) is 27.2 Å². The van der Waals surface area contributed by atoms with Gasteiger partial charge in [-0.05, 0) is 34.3 Å². The van der Waals surface area contributed by atoms with Gasteiger partial charge in [-0.15, -0.1) is 0 Å². The summed E-state index contributed by atoms with van der Waals surface area (Å²) in [5.41, 5.74) is 5.75. The second kappa shape index (κ2) is 5.59. The zero-order valence-corrected chi connectivity index (χ0v) is 11.6. The van der Waals surface area contributed by atoms with Crippen LogP contribution in [0.4, 0.5) is 5.95 Å². The van der Waals surface area contributed by atoms with Gasteiger partial charge in [0.1, 0.15) is 0 Å². The first-order chi connectivity index (χ1) is 7.43. The van der Waals surface area contributed by atoms with Crippen LogP contribution in [0.5, 0.6) is 0 Å². The van der Waals surface area contributed by atoms with E-state index in [-0.39, 0.29) is 11.5 Å². The van der Waals surface area contributed by atoms with Crippen molar-refractivity contribution in [2.75, 3.05) is 11.9 Å². The average molecular weight is 287 g/mol. The SMILES string of the molecule is CC(C)(C)C(CCN)Nc1ncc(Br)cn1. The quantitative estimate of drug-likeness (QED) is 0.892. The van der Waals surface area contributed by atoms with Gasteiger partial charge in [0.15, 0.2) is 0 Å². The molecule has 1 atom stereocenters. The molecule has 1 rings (SSSR count). The Morgan fingerprint density at radius 1 is 1.38 bits per heavy atom. The normalized spacial score (nSPS) is 13.6. The van der Waals surface area contributed by atoms with Crippen LogP contribution in [0.15, 0.2) is 16.9 Å². The maximum atomic E-state index is 5.62. The van der Waals surface area contributed by atoms with E-state index in [1.807, 2.05) is 0 Å². The standard InChI is InChI=1S/C11H19BrN4/c1-11(2,3)9(4-5-13)16-10-14-6-8(12)7-15-10/h6-7,9H,4-5,13H2,1-3H3,(H,14,15,16). The molecule has 0 radical (unpaired) electrons. The molecule has 0 saturated carbocycles. The summed E-state index contributed by atoms with van der Waals surface area (Å²) in [4.78, 5) is 8.41. The van der Waals surface area contributed by atoms with Crippen molar-refractivity contribution in [2.24, 2.45) is 11.1 Å². The lowest BCUT2D eigenvalue weighted by Crippen LogP contribution is -2.36. The van der Waals surface area contributed by atoms with Crippen LogP contribution < -0.4 is 11.1 Å². The largest absolute Gasteiger partial charge is 0.351 e. The van der Waals surface area contributed by atoms with Gasteiger partial charge in [-0.2, -0.15) is 0 Å². The summed E-state index contributed by atoms with van der Waals surface area (Å²) in [6.07, 6.45) is 4.37. The number of nitrogens with one attached hydrogen (secondary N) is 1. The summed E-state index contributed by atoms with van der Waals surface area (Å²) in [5, 5.41) is 3.32. The molecule has 0 saturated heterocycles. The van der Waals surface area contributed by atoms with Crippen LogP contribution >= 0.6 is 15.9 Å². The van der Waals surface area contributed by atoms with Crippen molar-refractivity contribution in [1.29, 1.82) is 0 Å². The molecule has 1 heterocycles. The first-order valence-electron chi connectivity index (χ1n) is 5.37. The van der Waals surface area contributed by atoms with Gasteiger partial charge in [0.05, 0.1) is 4.47 Å². The number of hydrogen-bond acceptors (Lipinski definition) is 4. The molecule has 0 aliphatic heterocycles. The number of hydrogen-bond donors (Lipinski definition) is 2. The van der Waals surface area contributed by atoms with Crippen LogP contribution in [0.2, 0.25) is 0 Å². The van der Waals surface area contributed by atoms with Crippen LogP contribution in [0.3, 0.4) is 0 Å². The number of aromatic nitrogens is 2. The summed E-state index contributed by atoms with van der Waals surface area (Å²) in [6, 6.07) is 0.277. The van der Waals surface area contributed by atoms with Gasteiger partial charge < -0.3 is 11.1 Å². The van der Waals surface area contributed by atoms with Gasteiger partial charge >= 0.3 is 0 Å². The highest BCUT2D eigenvalue weighted by molar-refractivity contribution is 9.10. The molecule has 0 aliphatic rings. The highest BCUT2D eigenvalue weighted by Crippen LogP contribution is 2.24. The highest BCUT2D eigenvalue weighted by atomic mass is 79.9. The van der Waals surface area contributed by atoms with Gasteiger partial charge in [-0.1, -0.05) is 20.8 Å². The molecular weight excluding hydrogens is 268 g/mol. The summed E-state index contributed by atoms with van der Waals surface area (Å²) in [7, 11) is 0. The van der Waals surface area contributed by atoms with Crippen molar-refractivity contribution in [3.05, 3.63) is 16.9 Å². The Morgan fingerprint density at radius 2 is 1.94 bits per heavy atom. The number of rotatable bonds is 4. The Labute approximate surface area is 105 Å². The van der Waals surface area contributed by atoms with E-state index >= 15 is 0 Å². The lowest BCUT2D eigenvalue weighted by molar-refractivity contribution is 0.327. The van der Waals surface area contributed by atoms with Crippen LogP contribution in [-0.4, -0.2) is 22.6 Å². The van der Waals surface area contributed by atoms with Crippen LogP contribution in [-0.2, 0) is 0 Å². The summed E-state index contributed by atoms with van der Waals surface area (Å²) in [5.74, 6) is 0.650. The van der Waals surface area contributed by atoms with E-state index < -0.39 is 0 Å². The molecule has 0 amide bonds. The Balaban J connectivity index is 2.72. The fraction of sp³-hybridized carbons (Fsp3) is 0.636. The molecule has 0 fully saturated rings. The monoisotopic (exact) mass is 286 g/mol. The lowest BCUT2D eigenvalue weighted by atomic mass is 9.85. The highest BCUT2D eigenvalue weighted by Gasteiger charge is 2.24. The number of nitrogens with two attached hydrogens (primary N) is 1. The Kier molecular flexibility index (Phi) is 4.68. The molecule has 4 nitrogen and oxygen atoms in total. The maximum absolute atomic E-state index is 5.62. The molecule has 16 heavy (non-hydrogen) atoms. The maximum Gasteiger partial charge on any atom is 0.222 e. The first-order valence-corrected chi connectivity index (χ1v) is 6.17. The molecule has 0 bridgehead atoms. The fourth-order valence-electron chi connectivity index (χ4n) is 1.43. The minimum atomic E-state index is 0.135. The lowest BCUT2D eigenvalue weighted by Gasteiger charge is -2.31. The second-order valence-corrected chi connectivity index (χ2v) is 5.78. The molecule has 0 spiro atoms. The van der Waals surface area contributed by atoms with E-state index in [0.29, 0.717) is 12.5 Å². The molecule has 5 heteroatoms. The molecule has 1 unspecified atom stereocenters. The predicted molar refractivity (Wildman–Crippen MR) is 70.3 cm³/mol. The summed E-state index contributed by atoms with van der Waals surface area (Å²) < 4.78 is 0.879. The Morgan fingerprint density at radius 3 is 2.38 bits per heavy atom. The Bertz CT molecular complexity index is 318. The molecule has 1 aromatic rings. The minimum absolute atomic E-state index is 0.135. The number of anilines is 1. The third kappa shape index (κ3) is 4.06. The molecule has 3 N–H and O–H groups in total. The van der Waals surface area contributed by atoms with Crippen molar-refractivity contribution < 1.29 is 0 Å². The third-order valence-corrected chi connectivity index (χ3v) is 2.83. The van der Waals surface area contributed by atoms with Crippen molar-refractivity contribution in [3.63, 3.8) is 0 Å². The summed E-state index contributed by atoms with van der Waals surface area (Å²) in [6.45, 7) is 7.20. The van der Waals surface area contributed by atoms with Crippen molar-refractivity contribution in [2.45, 2.75) is 33.2 Å². The Hall–Kier alpha value is -0.680. The van der Waals surface area contributed by atoms with Crippen LogP contribution in [0, 0.1) is 5.41 Å². The van der Waals surface area contributed by atoms with Gasteiger partial charge in [0.2, 0.25) is 5.95 Å². The fourth-order valence-corrected chi connectivity index (χ4v) is 1.64. The van der Waals surface area contributed by atoms with Crippen molar-refractivity contribution in [1.82, 2.24) is 9.97 Å². The van der Waals surface area contributed by atoms with E-state index in [4.69, 9.17) is 5.73 Å². The average Bonchev–Trinajstić information content (AvgIpc) is 2.19. The van der Waals surface area contributed by atoms with E-state index in [2.05, 4.69) is 52.0 Å². The third-order valence-electron chi connectivity index (χ3n) is 2.42. The van der Waals surface area contributed by atoms with E-state index in [0.717, 1.165) is 10.9 Å². The van der Waals surface area contributed by atoms with E-state index in [1.165, 1.54) is 0 Å². The first kappa shape index (κ1) is 13.4. The number of nitrogens with zero attached hydrogens (tertiary/aromatic N) is 2. The van der Waals surface area contributed by atoms with E-state index in [9.17, 15) is 0 Å². The molecule has 1 aromatic heterocycles. The van der Waals surface area contributed by atoms with E-state index in [1.54, 1.807) is 12.4 Å². The smallest absolute Gasteiger partial charge is 0.222 e. The summed E-state index contributed by atoms with van der Waals surface area (Å²) >= 11 is 3.31. The van der Waals surface area contributed by atoms with Gasteiger partial charge in [0, 0.05) is 18.4 Å². The van der Waals surface area contributed by atoms with Gasteiger partial charge in [-0.25, -0.2) is 9.97 Å². The zero-order chi connectivity index (χ0) is 12.2. The molecule has 90 valence electrons. The van der Waals surface area contributed by atoms with Crippen molar-refractivity contribution >= 4 is 21.9 Å². The second-order valence-electron chi connectivity index (χ2n) is 4.87. The van der Waals surface area contributed by atoms with Crippen LogP contribution in [0.25, 0.3) is 0 Å². The number of halogens is 1. The van der Waals surface area contributed by atoms with Gasteiger partial charge in [-0.3, -0.25) is 0 Å². The molecule has 0 aromatic carbocycles. The van der Waals surface area contributed by atoms with Crippen molar-refractivity contribution in [3.8, 4) is 0 Å². The molecular formula is C11H19BrN4. The zero-order valence-electron chi connectivity index (χ0n) is 10.00. The van der Waals surface area contributed by atoms with Gasteiger partial charge in [0.25, 0.3) is 0 Å². The predicted octanol–water partition coefficient (Wildman–Crippen LogP) is 2.41. The minimum Gasteiger partial charge on any atom is -0.351 e.